The summed E-state index contributed by atoms with van der Waals surface area (Å²) >= 11 is 0. The van der Waals surface area contributed by atoms with Crippen molar-refractivity contribution < 1.29 is 73.7 Å². The maximum absolute atomic E-state index is 4.31. The average molecular weight is 543 g/mol. The third-order valence-electron chi connectivity index (χ3n) is 4.07. The van der Waals surface area contributed by atoms with E-state index in [2.05, 4.69) is 63.5 Å². The van der Waals surface area contributed by atoms with E-state index in [9.17, 15) is 0 Å². The Labute approximate surface area is 215 Å². The van der Waals surface area contributed by atoms with Gasteiger partial charge >= 0.3 is 25.4 Å². The van der Waals surface area contributed by atoms with Crippen LogP contribution in [0.1, 0.15) is 12.5 Å². The first-order valence-electron chi connectivity index (χ1n) is 8.35. The summed E-state index contributed by atoms with van der Waals surface area (Å²) < 4.78 is 3.52. The zero-order valence-corrected chi connectivity index (χ0v) is 23.1. The van der Waals surface area contributed by atoms with Gasteiger partial charge in [0, 0.05) is 23.9 Å². The molecular formula is C19H23Cl4N6Zn-. The maximum atomic E-state index is 4.31. The zero-order valence-electron chi connectivity index (χ0n) is 17.1. The molecule has 0 aliphatic rings. The summed E-state index contributed by atoms with van der Waals surface area (Å²) in [5, 5.41) is 12.7. The molecule has 0 bridgehead atoms. The fraction of sp³-hybridized carbons (Fsp3) is 0.263. The third-order valence-corrected chi connectivity index (χ3v) is 4.07. The Hall–Kier alpha value is -1.24. The number of azo groups is 1. The van der Waals surface area contributed by atoms with E-state index in [1.807, 2.05) is 36.9 Å². The van der Waals surface area contributed by atoms with Gasteiger partial charge in [0.15, 0.2) is 0 Å². The van der Waals surface area contributed by atoms with E-state index >= 15 is 0 Å². The predicted octanol–water partition coefficient (Wildman–Crippen LogP) is -8.30. The first kappa shape index (κ1) is 33.4. The Kier molecular flexibility index (Phi) is 18.3. The minimum atomic E-state index is 0. The van der Waals surface area contributed by atoms with Crippen LogP contribution in [0.3, 0.4) is 0 Å². The van der Waals surface area contributed by atoms with Gasteiger partial charge in [0.25, 0.3) is 0 Å². The summed E-state index contributed by atoms with van der Waals surface area (Å²) in [6.45, 7) is 4.00. The second-order valence-corrected chi connectivity index (χ2v) is 5.88. The van der Waals surface area contributed by atoms with Crippen LogP contribution in [-0.2, 0) is 40.1 Å². The van der Waals surface area contributed by atoms with Crippen molar-refractivity contribution in [2.45, 2.75) is 13.5 Å². The normalized spacial score (nSPS) is 9.30. The Morgan fingerprint density at radius 3 is 2.03 bits per heavy atom. The van der Waals surface area contributed by atoms with Gasteiger partial charge in [-0.15, -0.1) is 4.68 Å². The Bertz CT molecular complexity index is 840. The number of anilines is 1. The molecule has 0 unspecified atom stereocenters. The van der Waals surface area contributed by atoms with E-state index in [0.29, 0.717) is 5.95 Å². The molecule has 0 fully saturated rings. The number of aryl methyl sites for hydroxylation is 2. The molecule has 0 saturated carbocycles. The Balaban J connectivity index is -0.00000146. The van der Waals surface area contributed by atoms with Crippen molar-refractivity contribution in [2.75, 3.05) is 11.4 Å². The number of hydrogen-bond donors (Lipinski definition) is 0. The van der Waals surface area contributed by atoms with Crippen LogP contribution in [-0.4, -0.2) is 16.3 Å². The molecule has 6 nitrogen and oxygen atoms in total. The van der Waals surface area contributed by atoms with Gasteiger partial charge < -0.3 is 54.5 Å². The second kappa shape index (κ2) is 16.5. The van der Waals surface area contributed by atoms with Crippen molar-refractivity contribution in [3.63, 3.8) is 0 Å². The minimum absolute atomic E-state index is 0. The number of halogens is 4. The fourth-order valence-corrected chi connectivity index (χ4v) is 2.64. The molecule has 160 valence electrons. The predicted molar refractivity (Wildman–Crippen MR) is 98.2 cm³/mol. The van der Waals surface area contributed by atoms with Gasteiger partial charge in [-0.25, -0.2) is 4.57 Å². The Morgan fingerprint density at radius 2 is 1.53 bits per heavy atom. The molecule has 3 rings (SSSR count). The number of hydrogen-bond acceptors (Lipinski definition) is 4. The Morgan fingerprint density at radius 1 is 0.933 bits per heavy atom. The molecule has 0 saturated heterocycles. The number of aromatic nitrogens is 3. The molecule has 0 atom stereocenters. The van der Waals surface area contributed by atoms with Crippen LogP contribution in [0.25, 0.3) is 0 Å². The quantitative estimate of drug-likeness (QED) is 0.177. The van der Waals surface area contributed by atoms with Crippen LogP contribution >= 0.6 is 0 Å². The molecule has 0 N–H and O–H groups in total. The first-order chi connectivity index (χ1) is 12.2. The van der Waals surface area contributed by atoms with Crippen molar-refractivity contribution in [1.29, 1.82) is 0 Å². The smallest absolute Gasteiger partial charge is 1.00 e. The number of nitrogens with zero attached hydrogens (tertiary/aromatic N) is 6. The van der Waals surface area contributed by atoms with E-state index in [0.717, 1.165) is 18.8 Å². The van der Waals surface area contributed by atoms with E-state index in [4.69, 9.17) is 0 Å². The van der Waals surface area contributed by atoms with Gasteiger partial charge in [-0.3, -0.25) is 0 Å². The van der Waals surface area contributed by atoms with E-state index in [1.165, 1.54) is 11.3 Å². The topological polar surface area (TPSA) is 49.7 Å². The molecule has 0 aliphatic heterocycles. The van der Waals surface area contributed by atoms with E-state index in [-0.39, 0.29) is 69.1 Å². The standard InChI is InChI=1S/C19H23N6.4ClH.Zn/c1-4-25(14-16-8-6-5-7-9-16)18-12-10-17(11-13-18)21-22-19-23(2)15-20-24(19)3;;;;;/h5-13,15H,4,14H2,1-3H3;4*1H;/q+1;;;;;+2/p-4. The van der Waals surface area contributed by atoms with Gasteiger partial charge in [-0.05, 0) is 41.9 Å². The third kappa shape index (κ3) is 8.87. The number of benzene rings is 2. The first-order valence-corrected chi connectivity index (χ1v) is 8.35. The molecule has 30 heavy (non-hydrogen) atoms. The van der Waals surface area contributed by atoms with Crippen LogP contribution < -0.4 is 59.1 Å². The van der Waals surface area contributed by atoms with Gasteiger partial charge in [0.2, 0.25) is 6.33 Å². The molecule has 11 heteroatoms. The zero-order chi connectivity index (χ0) is 17.6. The van der Waals surface area contributed by atoms with Gasteiger partial charge in [-0.1, -0.05) is 35.4 Å². The molecular weight excluding hydrogens is 519 g/mol. The summed E-state index contributed by atoms with van der Waals surface area (Å²) in [6.07, 6.45) is 1.71. The average Bonchev–Trinajstić information content (AvgIpc) is 2.97. The van der Waals surface area contributed by atoms with Crippen molar-refractivity contribution in [3.05, 3.63) is 66.5 Å². The van der Waals surface area contributed by atoms with Crippen LogP contribution in [0.15, 0.2) is 71.2 Å². The van der Waals surface area contributed by atoms with Crippen LogP contribution in [0.5, 0.6) is 0 Å². The van der Waals surface area contributed by atoms with Crippen molar-refractivity contribution in [1.82, 2.24) is 9.78 Å². The van der Waals surface area contributed by atoms with Crippen LogP contribution in [0.2, 0.25) is 0 Å². The monoisotopic (exact) mass is 539 g/mol. The molecule has 3 aromatic rings. The summed E-state index contributed by atoms with van der Waals surface area (Å²) in [4.78, 5) is 2.33. The summed E-state index contributed by atoms with van der Waals surface area (Å²) in [7, 11) is 3.74. The van der Waals surface area contributed by atoms with Gasteiger partial charge in [0.05, 0.1) is 19.8 Å². The SMILES string of the molecule is CCN(Cc1ccccc1)c1ccc(N=Nc2n(C)nc[n+]2C)cc1.[Cl-].[Cl-].[Cl-].[Cl-].[Zn+2]. The molecule has 2 aromatic carbocycles. The largest absolute Gasteiger partial charge is 2.00 e. The maximum Gasteiger partial charge on any atom is 2.00 e. The summed E-state index contributed by atoms with van der Waals surface area (Å²) in [5.41, 5.74) is 3.30. The summed E-state index contributed by atoms with van der Waals surface area (Å²) in [6, 6.07) is 18.6. The van der Waals surface area contributed by atoms with Crippen molar-refractivity contribution in [2.24, 2.45) is 24.3 Å². The van der Waals surface area contributed by atoms with Gasteiger partial charge in [-0.2, -0.15) is 0 Å². The van der Waals surface area contributed by atoms with E-state index in [1.54, 1.807) is 11.0 Å². The molecule has 0 spiro atoms. The molecule has 0 amide bonds. The minimum Gasteiger partial charge on any atom is -1.00 e. The molecule has 0 radical (unpaired) electrons. The summed E-state index contributed by atoms with van der Waals surface area (Å²) in [5.74, 6) is 0.698. The van der Waals surface area contributed by atoms with Crippen molar-refractivity contribution in [3.8, 4) is 0 Å². The fourth-order valence-electron chi connectivity index (χ4n) is 2.64. The molecule has 0 aliphatic carbocycles. The molecule has 1 aromatic heterocycles. The van der Waals surface area contributed by atoms with Crippen molar-refractivity contribution >= 4 is 17.3 Å². The van der Waals surface area contributed by atoms with Gasteiger partial charge in [0.1, 0.15) is 0 Å². The second-order valence-electron chi connectivity index (χ2n) is 5.88. The number of rotatable bonds is 6. The molecule has 1 heterocycles. The van der Waals surface area contributed by atoms with Crippen LogP contribution in [0.4, 0.5) is 17.3 Å². The van der Waals surface area contributed by atoms with E-state index < -0.39 is 0 Å². The van der Waals surface area contributed by atoms with Crippen LogP contribution in [0, 0.1) is 0 Å².